The number of fused-ring (bicyclic) bond motifs is 2. The number of hydrogen-bond donors (Lipinski definition) is 2. The van der Waals surface area contributed by atoms with Crippen LogP contribution in [0.4, 0.5) is 5.69 Å². The highest BCUT2D eigenvalue weighted by Crippen LogP contribution is 2.41. The van der Waals surface area contributed by atoms with Gasteiger partial charge in [-0.05, 0) is 75.4 Å². The molecule has 2 bridgehead atoms. The quantitative estimate of drug-likeness (QED) is 0.824. The molecule has 2 aliphatic heterocycles. The molecule has 0 amide bonds. The SMILES string of the molecule is Cc1cccc(NC(=S)NC2CC3CCCC(C2)N3C2CC2)c1. The predicted octanol–water partition coefficient (Wildman–Crippen LogP) is 3.83. The first-order valence-corrected chi connectivity index (χ1v) is 9.51. The fraction of sp³-hybridized carbons (Fsp3) is 0.632. The Bertz CT molecular complexity index is 570. The van der Waals surface area contributed by atoms with E-state index in [0.717, 1.165) is 28.9 Å². The zero-order chi connectivity index (χ0) is 15.8. The fourth-order valence-corrected chi connectivity index (χ4v) is 4.86. The summed E-state index contributed by atoms with van der Waals surface area (Å²) in [4.78, 5) is 2.86. The predicted molar refractivity (Wildman–Crippen MR) is 99.8 cm³/mol. The summed E-state index contributed by atoms with van der Waals surface area (Å²) in [7, 11) is 0. The van der Waals surface area contributed by atoms with Gasteiger partial charge in [-0.3, -0.25) is 4.90 Å². The first-order chi connectivity index (χ1) is 11.2. The molecule has 0 radical (unpaired) electrons. The average molecular weight is 330 g/mol. The van der Waals surface area contributed by atoms with E-state index < -0.39 is 0 Å². The topological polar surface area (TPSA) is 27.3 Å². The first-order valence-electron chi connectivity index (χ1n) is 9.10. The van der Waals surface area contributed by atoms with Crippen LogP contribution in [0.3, 0.4) is 0 Å². The number of nitrogens with one attached hydrogen (secondary N) is 2. The van der Waals surface area contributed by atoms with Crippen LogP contribution in [0.5, 0.6) is 0 Å². The van der Waals surface area contributed by atoms with Crippen LogP contribution in [0.2, 0.25) is 0 Å². The molecule has 1 aromatic rings. The lowest BCUT2D eigenvalue weighted by Gasteiger charge is -2.49. The molecular formula is C19H27N3S. The lowest BCUT2D eigenvalue weighted by atomic mass is 9.81. The molecule has 3 aliphatic rings. The maximum atomic E-state index is 5.55. The van der Waals surface area contributed by atoms with E-state index in [1.165, 1.54) is 50.5 Å². The van der Waals surface area contributed by atoms with Gasteiger partial charge in [-0.1, -0.05) is 18.6 Å². The van der Waals surface area contributed by atoms with E-state index in [-0.39, 0.29) is 0 Å². The zero-order valence-corrected chi connectivity index (χ0v) is 14.7. The molecule has 3 nitrogen and oxygen atoms in total. The summed E-state index contributed by atoms with van der Waals surface area (Å²) in [5.74, 6) is 0. The number of anilines is 1. The molecule has 0 spiro atoms. The molecule has 2 N–H and O–H groups in total. The second-order valence-corrected chi connectivity index (χ2v) is 7.96. The van der Waals surface area contributed by atoms with Crippen LogP contribution in [0, 0.1) is 6.92 Å². The minimum absolute atomic E-state index is 0.533. The van der Waals surface area contributed by atoms with Crippen molar-refractivity contribution in [2.24, 2.45) is 0 Å². The number of thiocarbonyl (C=S) groups is 1. The van der Waals surface area contributed by atoms with Gasteiger partial charge in [0, 0.05) is 29.9 Å². The van der Waals surface area contributed by atoms with Gasteiger partial charge >= 0.3 is 0 Å². The highest BCUT2D eigenvalue weighted by molar-refractivity contribution is 7.80. The maximum absolute atomic E-state index is 5.55. The third-order valence-corrected chi connectivity index (χ3v) is 5.83. The van der Waals surface area contributed by atoms with Crippen LogP contribution in [0.25, 0.3) is 0 Å². The largest absolute Gasteiger partial charge is 0.360 e. The molecule has 2 saturated heterocycles. The first kappa shape index (κ1) is 15.4. The average Bonchev–Trinajstić information content (AvgIpc) is 3.30. The van der Waals surface area contributed by atoms with Crippen molar-refractivity contribution >= 4 is 23.0 Å². The van der Waals surface area contributed by atoms with E-state index >= 15 is 0 Å². The molecule has 2 atom stereocenters. The van der Waals surface area contributed by atoms with E-state index in [2.05, 4.69) is 46.7 Å². The van der Waals surface area contributed by atoms with Gasteiger partial charge in [0.25, 0.3) is 0 Å². The van der Waals surface area contributed by atoms with Crippen molar-refractivity contribution in [1.29, 1.82) is 0 Å². The molecule has 2 unspecified atom stereocenters. The number of piperidine rings is 2. The third kappa shape index (κ3) is 3.53. The van der Waals surface area contributed by atoms with Crippen LogP contribution >= 0.6 is 12.2 Å². The zero-order valence-electron chi connectivity index (χ0n) is 13.9. The molecule has 1 saturated carbocycles. The number of nitrogens with zero attached hydrogens (tertiary/aromatic N) is 1. The second kappa shape index (κ2) is 6.40. The van der Waals surface area contributed by atoms with Crippen LogP contribution in [-0.4, -0.2) is 34.2 Å². The van der Waals surface area contributed by atoms with Gasteiger partial charge in [0.15, 0.2) is 5.11 Å². The number of hydrogen-bond acceptors (Lipinski definition) is 2. The lowest BCUT2D eigenvalue weighted by Crippen LogP contribution is -2.57. The Morgan fingerprint density at radius 2 is 1.83 bits per heavy atom. The van der Waals surface area contributed by atoms with Gasteiger partial charge in [-0.15, -0.1) is 0 Å². The standard InChI is InChI=1S/C19H27N3S/c1-13-4-2-5-14(10-13)20-19(23)21-15-11-17-6-3-7-18(12-15)22(17)16-8-9-16/h2,4-5,10,15-18H,3,6-9,11-12H2,1H3,(H2,20,21,23). The highest BCUT2D eigenvalue weighted by atomic mass is 32.1. The smallest absolute Gasteiger partial charge is 0.170 e. The molecule has 0 aromatic heterocycles. The summed E-state index contributed by atoms with van der Waals surface area (Å²) in [5, 5.41) is 7.71. The summed E-state index contributed by atoms with van der Waals surface area (Å²) in [5.41, 5.74) is 2.34. The van der Waals surface area contributed by atoms with Crippen molar-refractivity contribution < 1.29 is 0 Å². The molecule has 1 aromatic carbocycles. The fourth-order valence-electron chi connectivity index (χ4n) is 4.58. The second-order valence-electron chi connectivity index (χ2n) is 7.55. The van der Waals surface area contributed by atoms with Gasteiger partial charge < -0.3 is 10.6 Å². The Hall–Kier alpha value is -1.13. The van der Waals surface area contributed by atoms with Crippen molar-refractivity contribution in [3.05, 3.63) is 29.8 Å². The summed E-state index contributed by atoms with van der Waals surface area (Å²) in [6.45, 7) is 2.11. The Kier molecular flexibility index (Phi) is 4.29. The third-order valence-electron chi connectivity index (χ3n) is 5.61. The van der Waals surface area contributed by atoms with Crippen molar-refractivity contribution in [2.75, 3.05) is 5.32 Å². The number of aryl methyl sites for hydroxylation is 1. The summed E-state index contributed by atoms with van der Waals surface area (Å²) in [6.07, 6.45) is 9.53. The summed E-state index contributed by atoms with van der Waals surface area (Å²) >= 11 is 5.55. The minimum atomic E-state index is 0.533. The number of benzene rings is 1. The monoisotopic (exact) mass is 329 g/mol. The molecule has 124 valence electrons. The maximum Gasteiger partial charge on any atom is 0.170 e. The van der Waals surface area contributed by atoms with Crippen molar-refractivity contribution in [2.45, 2.75) is 76.0 Å². The van der Waals surface area contributed by atoms with E-state index in [9.17, 15) is 0 Å². The molecule has 23 heavy (non-hydrogen) atoms. The Balaban J connectivity index is 1.35. The molecular weight excluding hydrogens is 302 g/mol. The Morgan fingerprint density at radius 3 is 2.48 bits per heavy atom. The van der Waals surface area contributed by atoms with Crippen LogP contribution < -0.4 is 10.6 Å². The Morgan fingerprint density at radius 1 is 1.09 bits per heavy atom. The van der Waals surface area contributed by atoms with Gasteiger partial charge in [0.1, 0.15) is 0 Å². The molecule has 1 aliphatic carbocycles. The number of rotatable bonds is 3. The van der Waals surface area contributed by atoms with Crippen molar-refractivity contribution in [1.82, 2.24) is 10.2 Å². The van der Waals surface area contributed by atoms with Gasteiger partial charge in [-0.2, -0.15) is 0 Å². The van der Waals surface area contributed by atoms with Gasteiger partial charge in [0.2, 0.25) is 0 Å². The van der Waals surface area contributed by atoms with Crippen molar-refractivity contribution in [3.63, 3.8) is 0 Å². The molecule has 3 fully saturated rings. The molecule has 2 heterocycles. The minimum Gasteiger partial charge on any atom is -0.360 e. The summed E-state index contributed by atoms with van der Waals surface area (Å²) < 4.78 is 0. The van der Waals surface area contributed by atoms with E-state index in [0.29, 0.717) is 6.04 Å². The van der Waals surface area contributed by atoms with Gasteiger partial charge in [0.05, 0.1) is 0 Å². The van der Waals surface area contributed by atoms with Crippen LogP contribution in [0.1, 0.15) is 50.5 Å². The lowest BCUT2D eigenvalue weighted by molar-refractivity contribution is 0.0209. The highest BCUT2D eigenvalue weighted by Gasteiger charge is 2.44. The van der Waals surface area contributed by atoms with E-state index in [1.807, 2.05) is 0 Å². The molecule has 4 rings (SSSR count). The van der Waals surface area contributed by atoms with Crippen LogP contribution in [0.15, 0.2) is 24.3 Å². The van der Waals surface area contributed by atoms with E-state index in [4.69, 9.17) is 12.2 Å². The van der Waals surface area contributed by atoms with Crippen LogP contribution in [-0.2, 0) is 0 Å². The van der Waals surface area contributed by atoms with Crippen molar-refractivity contribution in [3.8, 4) is 0 Å². The Labute approximate surface area is 144 Å². The van der Waals surface area contributed by atoms with E-state index in [1.54, 1.807) is 0 Å². The normalized spacial score (nSPS) is 30.7. The molecule has 4 heteroatoms. The summed E-state index contributed by atoms with van der Waals surface area (Å²) in [6, 6.07) is 11.4. The van der Waals surface area contributed by atoms with Gasteiger partial charge in [-0.25, -0.2) is 0 Å².